The first-order valence-corrected chi connectivity index (χ1v) is 11.8. The third-order valence-electron chi connectivity index (χ3n) is 4.24. The van der Waals surface area contributed by atoms with Crippen molar-refractivity contribution in [1.29, 1.82) is 0 Å². The number of rotatable bonds is 5. The SMILES string of the molecule is O=C(Nc1cccc(C2SCCS2)c1)c1ccc(NC(=O)c2ccc(Br)o2)cc1. The predicted molar refractivity (Wildman–Crippen MR) is 123 cm³/mol. The van der Waals surface area contributed by atoms with E-state index in [4.69, 9.17) is 4.42 Å². The maximum Gasteiger partial charge on any atom is 0.291 e. The lowest BCUT2D eigenvalue weighted by molar-refractivity contribution is 0.0994. The number of halogens is 1. The van der Waals surface area contributed by atoms with E-state index in [1.165, 1.54) is 5.56 Å². The molecule has 0 atom stereocenters. The monoisotopic (exact) mass is 488 g/mol. The normalized spacial score (nSPS) is 14.0. The summed E-state index contributed by atoms with van der Waals surface area (Å²) >= 11 is 7.03. The zero-order valence-corrected chi connectivity index (χ0v) is 18.4. The number of thioether (sulfide) groups is 2. The highest BCUT2D eigenvalue weighted by molar-refractivity contribution is 9.10. The number of carbonyl (C=O) groups is 2. The first-order chi connectivity index (χ1) is 14.1. The molecule has 4 rings (SSSR count). The van der Waals surface area contributed by atoms with Gasteiger partial charge in [0.2, 0.25) is 0 Å². The lowest BCUT2D eigenvalue weighted by Gasteiger charge is -2.11. The number of amides is 2. The van der Waals surface area contributed by atoms with Crippen LogP contribution in [-0.4, -0.2) is 23.3 Å². The van der Waals surface area contributed by atoms with E-state index in [1.54, 1.807) is 36.4 Å². The van der Waals surface area contributed by atoms with Gasteiger partial charge in [-0.15, -0.1) is 23.5 Å². The van der Waals surface area contributed by atoms with Crippen molar-refractivity contribution in [2.24, 2.45) is 0 Å². The van der Waals surface area contributed by atoms with Gasteiger partial charge in [-0.3, -0.25) is 9.59 Å². The Morgan fingerprint density at radius 2 is 1.62 bits per heavy atom. The minimum Gasteiger partial charge on any atom is -0.444 e. The maximum absolute atomic E-state index is 12.6. The van der Waals surface area contributed by atoms with Crippen molar-refractivity contribution in [3.8, 4) is 0 Å². The highest BCUT2D eigenvalue weighted by Crippen LogP contribution is 2.45. The number of carbonyl (C=O) groups excluding carboxylic acids is 2. The first kappa shape index (κ1) is 20.1. The van der Waals surface area contributed by atoms with Gasteiger partial charge >= 0.3 is 0 Å². The second-order valence-corrected chi connectivity index (χ2v) is 9.79. The molecule has 5 nitrogen and oxygen atoms in total. The van der Waals surface area contributed by atoms with Crippen LogP contribution in [0, 0.1) is 0 Å². The summed E-state index contributed by atoms with van der Waals surface area (Å²) < 4.78 is 6.15. The molecule has 0 spiro atoms. The van der Waals surface area contributed by atoms with E-state index in [0.717, 1.165) is 17.2 Å². The van der Waals surface area contributed by atoms with E-state index in [2.05, 4.69) is 32.6 Å². The van der Waals surface area contributed by atoms with E-state index in [9.17, 15) is 9.59 Å². The van der Waals surface area contributed by atoms with E-state index in [0.29, 0.717) is 20.5 Å². The Balaban J connectivity index is 1.39. The van der Waals surface area contributed by atoms with Gasteiger partial charge in [-0.1, -0.05) is 12.1 Å². The van der Waals surface area contributed by atoms with Crippen LogP contribution in [0.15, 0.2) is 69.8 Å². The van der Waals surface area contributed by atoms with Crippen molar-refractivity contribution >= 4 is 62.6 Å². The molecule has 0 aliphatic carbocycles. The van der Waals surface area contributed by atoms with Gasteiger partial charge in [-0.05, 0) is 70.0 Å². The van der Waals surface area contributed by atoms with Crippen LogP contribution in [0.5, 0.6) is 0 Å². The molecule has 1 saturated heterocycles. The highest BCUT2D eigenvalue weighted by Gasteiger charge is 2.18. The zero-order chi connectivity index (χ0) is 20.2. The smallest absolute Gasteiger partial charge is 0.291 e. The first-order valence-electron chi connectivity index (χ1n) is 8.90. The second kappa shape index (κ2) is 9.11. The van der Waals surface area contributed by atoms with Crippen molar-refractivity contribution in [1.82, 2.24) is 0 Å². The number of furan rings is 1. The molecule has 0 radical (unpaired) electrons. The Kier molecular flexibility index (Phi) is 6.32. The number of hydrogen-bond acceptors (Lipinski definition) is 5. The Morgan fingerprint density at radius 3 is 2.31 bits per heavy atom. The Morgan fingerprint density at radius 1 is 0.897 bits per heavy atom. The summed E-state index contributed by atoms with van der Waals surface area (Å²) in [7, 11) is 0. The van der Waals surface area contributed by atoms with Crippen LogP contribution in [0.3, 0.4) is 0 Å². The zero-order valence-electron chi connectivity index (χ0n) is 15.2. The minimum absolute atomic E-state index is 0.193. The van der Waals surface area contributed by atoms with Gasteiger partial charge in [0.25, 0.3) is 11.8 Å². The van der Waals surface area contributed by atoms with Gasteiger partial charge < -0.3 is 15.1 Å². The Bertz CT molecular complexity index is 1030. The molecule has 29 heavy (non-hydrogen) atoms. The highest BCUT2D eigenvalue weighted by atomic mass is 79.9. The molecular weight excluding hydrogens is 472 g/mol. The number of anilines is 2. The van der Waals surface area contributed by atoms with Gasteiger partial charge in [0, 0.05) is 28.4 Å². The van der Waals surface area contributed by atoms with Crippen LogP contribution in [0.4, 0.5) is 11.4 Å². The van der Waals surface area contributed by atoms with Crippen LogP contribution in [-0.2, 0) is 0 Å². The minimum atomic E-state index is -0.354. The number of nitrogens with one attached hydrogen (secondary N) is 2. The quantitative estimate of drug-likeness (QED) is 0.458. The third kappa shape index (κ3) is 5.07. The summed E-state index contributed by atoms with van der Waals surface area (Å²) in [6, 6.07) is 18.0. The van der Waals surface area contributed by atoms with E-state index >= 15 is 0 Å². The summed E-state index contributed by atoms with van der Waals surface area (Å²) in [4.78, 5) is 24.7. The molecule has 2 heterocycles. The lowest BCUT2D eigenvalue weighted by Crippen LogP contribution is -2.13. The average Bonchev–Trinajstić information content (AvgIpc) is 3.41. The second-order valence-electron chi connectivity index (χ2n) is 6.29. The largest absolute Gasteiger partial charge is 0.444 e. The third-order valence-corrected chi connectivity index (χ3v) is 7.77. The molecular formula is C21H17BrN2O3S2. The fourth-order valence-corrected chi connectivity index (χ4v) is 6.00. The standard InChI is InChI=1S/C21H17BrN2O3S2/c22-18-9-8-17(27-18)20(26)23-15-6-4-13(5-7-15)19(25)24-16-3-1-2-14(12-16)21-28-10-11-29-21/h1-9,12,21H,10-11H2,(H,23,26)(H,24,25). The van der Waals surface area contributed by atoms with Crippen LogP contribution in [0.25, 0.3) is 0 Å². The average molecular weight is 489 g/mol. The molecule has 0 bridgehead atoms. The van der Waals surface area contributed by atoms with Gasteiger partial charge in [0.15, 0.2) is 10.4 Å². The number of benzene rings is 2. The van der Waals surface area contributed by atoms with Crippen molar-refractivity contribution in [3.05, 3.63) is 82.2 Å². The van der Waals surface area contributed by atoms with Crippen LogP contribution in [0.2, 0.25) is 0 Å². The van der Waals surface area contributed by atoms with Gasteiger partial charge in [0.1, 0.15) is 0 Å². The van der Waals surface area contributed by atoms with Crippen LogP contribution < -0.4 is 10.6 Å². The van der Waals surface area contributed by atoms with Crippen molar-refractivity contribution in [2.45, 2.75) is 4.58 Å². The fourth-order valence-electron chi connectivity index (χ4n) is 2.85. The molecule has 0 saturated carbocycles. The molecule has 1 aliphatic heterocycles. The summed E-state index contributed by atoms with van der Waals surface area (Å²) in [5.74, 6) is 1.98. The molecule has 2 N–H and O–H groups in total. The van der Waals surface area contributed by atoms with Crippen molar-refractivity contribution < 1.29 is 14.0 Å². The summed E-state index contributed by atoms with van der Waals surface area (Å²) in [6.07, 6.45) is 0. The Labute approximate surface area is 185 Å². The molecule has 8 heteroatoms. The van der Waals surface area contributed by atoms with Gasteiger partial charge in [0.05, 0.1) is 4.58 Å². The van der Waals surface area contributed by atoms with Crippen molar-refractivity contribution in [2.75, 3.05) is 22.1 Å². The summed E-state index contributed by atoms with van der Waals surface area (Å²) in [5, 5.41) is 5.68. The van der Waals surface area contributed by atoms with Crippen LogP contribution in [0.1, 0.15) is 31.1 Å². The lowest BCUT2D eigenvalue weighted by atomic mass is 10.1. The van der Waals surface area contributed by atoms with E-state index < -0.39 is 0 Å². The van der Waals surface area contributed by atoms with Crippen molar-refractivity contribution in [3.63, 3.8) is 0 Å². The van der Waals surface area contributed by atoms with Crippen LogP contribution >= 0.6 is 39.5 Å². The fraction of sp³-hybridized carbons (Fsp3) is 0.143. The molecule has 1 aromatic heterocycles. The molecule has 2 aromatic carbocycles. The molecule has 0 unspecified atom stereocenters. The topological polar surface area (TPSA) is 71.3 Å². The maximum atomic E-state index is 12.6. The molecule has 3 aromatic rings. The molecule has 1 fully saturated rings. The summed E-state index contributed by atoms with van der Waals surface area (Å²) in [6.45, 7) is 0. The molecule has 148 valence electrons. The molecule has 2 amide bonds. The van der Waals surface area contributed by atoms with E-state index in [1.807, 2.05) is 41.7 Å². The Hall–Kier alpha value is -2.16. The van der Waals surface area contributed by atoms with E-state index in [-0.39, 0.29) is 17.6 Å². The number of hydrogen-bond donors (Lipinski definition) is 2. The van der Waals surface area contributed by atoms with Gasteiger partial charge in [-0.2, -0.15) is 0 Å². The predicted octanol–water partition coefficient (Wildman–Crippen LogP) is 6.03. The van der Waals surface area contributed by atoms with Gasteiger partial charge in [-0.25, -0.2) is 0 Å². The molecule has 1 aliphatic rings. The summed E-state index contributed by atoms with van der Waals surface area (Å²) in [5.41, 5.74) is 3.09.